The summed E-state index contributed by atoms with van der Waals surface area (Å²) in [5.74, 6) is -1.64. The molecular weight excluding hydrogens is 268 g/mol. The quantitative estimate of drug-likeness (QED) is 0.592. The number of aliphatic carboxylic acids is 1. The molecule has 8 heteroatoms. The standard InChI is InChI=1S/C12H14N2O5.H2O/c1-6-7-4-9(15)10(16)5-8(7)14(12(19)13-6)3-2-11(17)18;/h4-6,15-16H,2-3H2,1H3,(H,13,19)(H,17,18);1H2. The van der Waals surface area contributed by atoms with E-state index in [1.807, 2.05) is 0 Å². The van der Waals surface area contributed by atoms with Crippen LogP contribution in [-0.4, -0.2) is 39.3 Å². The van der Waals surface area contributed by atoms with Crippen molar-refractivity contribution < 1.29 is 30.4 Å². The highest BCUT2D eigenvalue weighted by molar-refractivity contribution is 5.96. The van der Waals surface area contributed by atoms with Gasteiger partial charge in [-0.25, -0.2) is 4.79 Å². The Morgan fingerprint density at radius 2 is 1.95 bits per heavy atom. The third-order valence-electron chi connectivity index (χ3n) is 3.02. The summed E-state index contributed by atoms with van der Waals surface area (Å²) >= 11 is 0. The zero-order chi connectivity index (χ0) is 14.2. The van der Waals surface area contributed by atoms with Gasteiger partial charge >= 0.3 is 12.0 Å². The number of urea groups is 1. The lowest BCUT2D eigenvalue weighted by Gasteiger charge is -2.33. The van der Waals surface area contributed by atoms with Crippen LogP contribution in [-0.2, 0) is 4.79 Å². The molecule has 2 amide bonds. The monoisotopic (exact) mass is 284 g/mol. The van der Waals surface area contributed by atoms with Crippen LogP contribution in [0.25, 0.3) is 0 Å². The van der Waals surface area contributed by atoms with E-state index < -0.39 is 12.0 Å². The van der Waals surface area contributed by atoms with Gasteiger partial charge < -0.3 is 26.1 Å². The Morgan fingerprint density at radius 3 is 2.55 bits per heavy atom. The van der Waals surface area contributed by atoms with Gasteiger partial charge in [-0.3, -0.25) is 9.69 Å². The van der Waals surface area contributed by atoms with Gasteiger partial charge in [-0.1, -0.05) is 0 Å². The van der Waals surface area contributed by atoms with Gasteiger partial charge in [0.25, 0.3) is 0 Å². The number of benzene rings is 1. The third-order valence-corrected chi connectivity index (χ3v) is 3.02. The van der Waals surface area contributed by atoms with Crippen LogP contribution >= 0.6 is 0 Å². The Hall–Kier alpha value is -2.48. The van der Waals surface area contributed by atoms with Crippen LogP contribution < -0.4 is 10.2 Å². The number of phenols is 2. The molecular formula is C12H16N2O6. The Kier molecular flexibility index (Phi) is 4.41. The molecule has 1 aliphatic heterocycles. The maximum Gasteiger partial charge on any atom is 0.322 e. The summed E-state index contributed by atoms with van der Waals surface area (Å²) in [5, 5.41) is 30.3. The first kappa shape index (κ1) is 15.6. The van der Waals surface area contributed by atoms with Crippen LogP contribution in [0.1, 0.15) is 24.9 Å². The number of anilines is 1. The first-order valence-electron chi connectivity index (χ1n) is 5.76. The van der Waals surface area contributed by atoms with Crippen LogP contribution in [0.15, 0.2) is 12.1 Å². The fraction of sp³-hybridized carbons (Fsp3) is 0.333. The maximum atomic E-state index is 11.9. The molecule has 1 unspecified atom stereocenters. The molecule has 1 aromatic carbocycles. The third kappa shape index (κ3) is 2.75. The Morgan fingerprint density at radius 1 is 1.35 bits per heavy atom. The van der Waals surface area contributed by atoms with Gasteiger partial charge in [0.2, 0.25) is 0 Å². The van der Waals surface area contributed by atoms with Crippen molar-refractivity contribution in [3.8, 4) is 11.5 Å². The predicted molar refractivity (Wildman–Crippen MR) is 69.9 cm³/mol. The Balaban J connectivity index is 0.00000200. The molecule has 0 fully saturated rings. The van der Waals surface area contributed by atoms with Crippen molar-refractivity contribution in [3.05, 3.63) is 17.7 Å². The summed E-state index contributed by atoms with van der Waals surface area (Å²) in [5.41, 5.74) is 1.04. The van der Waals surface area contributed by atoms with E-state index in [0.717, 1.165) is 0 Å². The summed E-state index contributed by atoms with van der Waals surface area (Å²) in [6, 6.07) is 1.88. The van der Waals surface area contributed by atoms with Gasteiger partial charge in [-0.15, -0.1) is 0 Å². The average Bonchev–Trinajstić information content (AvgIpc) is 2.31. The fourth-order valence-corrected chi connectivity index (χ4v) is 2.04. The predicted octanol–water partition coefficient (Wildman–Crippen LogP) is 0.338. The van der Waals surface area contributed by atoms with E-state index in [4.69, 9.17) is 5.11 Å². The van der Waals surface area contributed by atoms with Gasteiger partial charge in [0.05, 0.1) is 18.2 Å². The number of nitrogens with zero attached hydrogens (tertiary/aromatic N) is 1. The molecule has 1 aliphatic rings. The molecule has 0 saturated carbocycles. The lowest BCUT2D eigenvalue weighted by Crippen LogP contribution is -2.46. The summed E-state index contributed by atoms with van der Waals surface area (Å²) in [4.78, 5) is 23.7. The second-order valence-electron chi connectivity index (χ2n) is 4.37. The minimum absolute atomic E-state index is 0. The van der Waals surface area contributed by atoms with Crippen molar-refractivity contribution in [2.75, 3.05) is 11.4 Å². The molecule has 8 nitrogen and oxygen atoms in total. The highest BCUT2D eigenvalue weighted by Gasteiger charge is 2.29. The first-order valence-corrected chi connectivity index (χ1v) is 5.76. The molecule has 0 spiro atoms. The molecule has 1 atom stereocenters. The number of carbonyl (C=O) groups excluding carboxylic acids is 1. The molecule has 6 N–H and O–H groups in total. The van der Waals surface area contributed by atoms with Crippen molar-refractivity contribution in [1.82, 2.24) is 5.32 Å². The highest BCUT2D eigenvalue weighted by atomic mass is 16.4. The highest BCUT2D eigenvalue weighted by Crippen LogP contribution is 2.38. The van der Waals surface area contributed by atoms with Gasteiger partial charge in [0, 0.05) is 18.2 Å². The largest absolute Gasteiger partial charge is 0.504 e. The van der Waals surface area contributed by atoms with Crippen molar-refractivity contribution in [1.29, 1.82) is 0 Å². The van der Waals surface area contributed by atoms with Gasteiger partial charge in [0.1, 0.15) is 0 Å². The van der Waals surface area contributed by atoms with E-state index in [9.17, 15) is 19.8 Å². The molecule has 2 rings (SSSR count). The van der Waals surface area contributed by atoms with Crippen LogP contribution in [0.5, 0.6) is 11.5 Å². The number of carboxylic acid groups (broad SMARTS) is 1. The lowest BCUT2D eigenvalue weighted by atomic mass is 10.0. The number of nitrogens with one attached hydrogen (secondary N) is 1. The van der Waals surface area contributed by atoms with E-state index in [0.29, 0.717) is 11.3 Å². The molecule has 0 aliphatic carbocycles. The number of phenolic OH excluding ortho intramolecular Hbond substituents is 2. The van der Waals surface area contributed by atoms with E-state index in [1.54, 1.807) is 6.92 Å². The van der Waals surface area contributed by atoms with Crippen LogP contribution in [0.2, 0.25) is 0 Å². The number of rotatable bonds is 3. The smallest absolute Gasteiger partial charge is 0.322 e. The summed E-state index contributed by atoms with van der Waals surface area (Å²) in [7, 11) is 0. The van der Waals surface area contributed by atoms with Crippen LogP contribution in [0.3, 0.4) is 0 Å². The molecule has 1 heterocycles. The van der Waals surface area contributed by atoms with Crippen molar-refractivity contribution >= 4 is 17.7 Å². The average molecular weight is 284 g/mol. The van der Waals surface area contributed by atoms with Crippen molar-refractivity contribution in [3.63, 3.8) is 0 Å². The SMILES string of the molecule is CC1NC(=O)N(CCC(=O)O)c2cc(O)c(O)cc21.O. The first-order chi connectivity index (χ1) is 8.90. The molecule has 0 saturated heterocycles. The number of aromatic hydroxyl groups is 2. The van der Waals surface area contributed by atoms with Crippen molar-refractivity contribution in [2.24, 2.45) is 0 Å². The molecule has 110 valence electrons. The zero-order valence-electron chi connectivity index (χ0n) is 10.8. The number of carbonyl (C=O) groups is 2. The number of carboxylic acids is 1. The fourth-order valence-electron chi connectivity index (χ4n) is 2.04. The second-order valence-corrected chi connectivity index (χ2v) is 4.37. The normalized spacial score (nSPS) is 16.9. The molecule has 1 aromatic rings. The van der Waals surface area contributed by atoms with Gasteiger partial charge in [-0.2, -0.15) is 0 Å². The minimum Gasteiger partial charge on any atom is -0.504 e. The number of hydrogen-bond acceptors (Lipinski definition) is 4. The maximum absolute atomic E-state index is 11.9. The van der Waals surface area contributed by atoms with Gasteiger partial charge in [-0.05, 0) is 13.0 Å². The Labute approximate surface area is 114 Å². The number of amides is 2. The summed E-state index contributed by atoms with van der Waals surface area (Å²) < 4.78 is 0. The van der Waals surface area contributed by atoms with Gasteiger partial charge in [0.15, 0.2) is 11.5 Å². The van der Waals surface area contributed by atoms with E-state index >= 15 is 0 Å². The Bertz CT molecular complexity index is 545. The molecule has 0 radical (unpaired) electrons. The van der Waals surface area contributed by atoms with Crippen molar-refractivity contribution in [2.45, 2.75) is 19.4 Å². The van der Waals surface area contributed by atoms with Crippen LogP contribution in [0.4, 0.5) is 10.5 Å². The summed E-state index contributed by atoms with van der Waals surface area (Å²) in [6.45, 7) is 1.73. The van der Waals surface area contributed by atoms with Crippen LogP contribution in [0, 0.1) is 0 Å². The lowest BCUT2D eigenvalue weighted by molar-refractivity contribution is -0.136. The number of fused-ring (bicyclic) bond motifs is 1. The molecule has 0 bridgehead atoms. The second kappa shape index (κ2) is 5.66. The van der Waals surface area contributed by atoms with E-state index in [2.05, 4.69) is 5.32 Å². The topological polar surface area (TPSA) is 142 Å². The van der Waals surface area contributed by atoms with E-state index in [-0.39, 0.29) is 36.0 Å². The van der Waals surface area contributed by atoms with E-state index in [1.165, 1.54) is 17.0 Å². The minimum atomic E-state index is -1.02. The summed E-state index contributed by atoms with van der Waals surface area (Å²) in [6.07, 6.45) is -0.205. The zero-order valence-corrected chi connectivity index (χ0v) is 10.8. The molecule has 20 heavy (non-hydrogen) atoms. The number of hydrogen-bond donors (Lipinski definition) is 4. The molecule has 0 aromatic heterocycles.